The van der Waals surface area contributed by atoms with Crippen LogP contribution in [-0.2, 0) is 32.7 Å². The second-order valence-electron chi connectivity index (χ2n) is 13.8. The second kappa shape index (κ2) is 45.4. The molecule has 10 heteroatoms. The molecule has 2 unspecified atom stereocenters. The third kappa shape index (κ3) is 45.3. The van der Waals surface area contributed by atoms with Crippen LogP contribution < -0.4 is 5.73 Å². The monoisotopic (exact) mass is 864 g/mol. The SMILES string of the molecule is CC/C=C\C/C=C\C/C=C\C/C=C\C/C=C\C/C=C\C/C=C\C/C=C\CCCCC(=O)OC(COC(=O)CC/C=C\C/C=C\C/C=C\C/C=C\CC)COP(=O)(O)OCCN. The van der Waals surface area contributed by atoms with E-state index < -0.39 is 32.5 Å². The average molecular weight is 864 g/mol. The van der Waals surface area contributed by atoms with Gasteiger partial charge in [0.25, 0.3) is 0 Å². The van der Waals surface area contributed by atoms with Crippen LogP contribution in [0.4, 0.5) is 0 Å². The van der Waals surface area contributed by atoms with Crippen molar-refractivity contribution in [2.24, 2.45) is 5.73 Å². The molecule has 0 aliphatic heterocycles. The molecule has 0 saturated carbocycles. The quantitative estimate of drug-likeness (QED) is 0.0268. The Labute approximate surface area is 369 Å². The molecular weight excluding hydrogens is 786 g/mol. The summed E-state index contributed by atoms with van der Waals surface area (Å²) in [4.78, 5) is 34.8. The van der Waals surface area contributed by atoms with Crippen molar-refractivity contribution in [3.8, 4) is 0 Å². The number of unbranched alkanes of at least 4 members (excludes halogenated alkanes) is 2. The van der Waals surface area contributed by atoms with Gasteiger partial charge in [0, 0.05) is 19.4 Å². The van der Waals surface area contributed by atoms with E-state index in [0.717, 1.165) is 89.9 Å². The zero-order valence-corrected chi connectivity index (χ0v) is 38.2. The summed E-state index contributed by atoms with van der Waals surface area (Å²) in [5.41, 5.74) is 5.34. The molecule has 0 heterocycles. The third-order valence-corrected chi connectivity index (χ3v) is 9.22. The molecule has 61 heavy (non-hydrogen) atoms. The standard InChI is InChI=1S/C51H78NO8P/c1-3-5-7-9-11-13-15-17-18-19-20-21-22-23-24-25-26-27-28-29-30-32-34-36-38-40-42-44-51(54)60-49(48-59-61(55,56)58-46-45-52)47-57-50(53)43-41-39-37-35-33-31-16-14-12-10-8-6-4-2/h5-8,11-14,17-18,20-21,23-24,26-27,29-31,33-34,36-37,39,49H,3-4,9-10,15-16,19,22,25,28,32,35,38,40-48,52H2,1-2H3,(H,55,56)/b7-5-,8-6-,13-11-,14-12-,18-17-,21-20-,24-23-,27-26-,30-29-,33-31-,36-34-,39-37-. The van der Waals surface area contributed by atoms with Crippen LogP contribution in [0.25, 0.3) is 0 Å². The summed E-state index contributed by atoms with van der Waals surface area (Å²) in [5.74, 6) is -0.994. The van der Waals surface area contributed by atoms with Crippen LogP contribution in [-0.4, -0.2) is 49.3 Å². The first-order chi connectivity index (χ1) is 29.8. The number of phosphoric acid groups is 1. The Bertz CT molecular complexity index is 1490. The van der Waals surface area contributed by atoms with Gasteiger partial charge in [0.15, 0.2) is 6.10 Å². The van der Waals surface area contributed by atoms with E-state index in [2.05, 4.69) is 148 Å². The van der Waals surface area contributed by atoms with Crippen LogP contribution in [0.3, 0.4) is 0 Å². The van der Waals surface area contributed by atoms with Gasteiger partial charge >= 0.3 is 19.8 Å². The van der Waals surface area contributed by atoms with E-state index in [-0.39, 0.29) is 32.6 Å². The lowest BCUT2D eigenvalue weighted by Crippen LogP contribution is -2.29. The van der Waals surface area contributed by atoms with Crippen molar-refractivity contribution >= 4 is 19.8 Å². The molecule has 3 N–H and O–H groups in total. The average Bonchev–Trinajstić information content (AvgIpc) is 3.25. The summed E-state index contributed by atoms with van der Waals surface area (Å²) in [6, 6.07) is 0. The lowest BCUT2D eigenvalue weighted by molar-refractivity contribution is -0.161. The molecule has 0 bridgehead atoms. The Morgan fingerprint density at radius 3 is 1.26 bits per heavy atom. The molecule has 0 spiro atoms. The van der Waals surface area contributed by atoms with Gasteiger partial charge in [-0.25, -0.2) is 4.57 Å². The van der Waals surface area contributed by atoms with Gasteiger partial charge in [-0.3, -0.25) is 18.6 Å². The smallest absolute Gasteiger partial charge is 0.462 e. The summed E-state index contributed by atoms with van der Waals surface area (Å²) in [6.45, 7) is 3.32. The number of nitrogens with two attached hydrogens (primary N) is 1. The molecule has 0 aliphatic carbocycles. The van der Waals surface area contributed by atoms with E-state index in [1.54, 1.807) is 0 Å². The fourth-order valence-corrected chi connectivity index (χ4v) is 5.78. The van der Waals surface area contributed by atoms with Crippen LogP contribution in [0, 0.1) is 0 Å². The summed E-state index contributed by atoms with van der Waals surface area (Å²) in [6.07, 6.45) is 64.8. The lowest BCUT2D eigenvalue weighted by Gasteiger charge is -2.19. The summed E-state index contributed by atoms with van der Waals surface area (Å²) in [7, 11) is -4.42. The molecule has 340 valence electrons. The number of carbonyl (C=O) groups excluding carboxylic acids is 2. The highest BCUT2D eigenvalue weighted by Crippen LogP contribution is 2.43. The number of carbonyl (C=O) groups is 2. The Morgan fingerprint density at radius 2 is 0.869 bits per heavy atom. The van der Waals surface area contributed by atoms with Crippen LogP contribution in [0.15, 0.2) is 146 Å². The minimum absolute atomic E-state index is 0.0279. The van der Waals surface area contributed by atoms with Crippen LogP contribution in [0.5, 0.6) is 0 Å². The lowest BCUT2D eigenvalue weighted by atomic mass is 10.2. The van der Waals surface area contributed by atoms with Gasteiger partial charge in [0.05, 0.1) is 13.2 Å². The minimum atomic E-state index is -4.42. The van der Waals surface area contributed by atoms with E-state index in [1.807, 2.05) is 12.2 Å². The number of allylic oxidation sites excluding steroid dienone is 24. The third-order valence-electron chi connectivity index (χ3n) is 8.23. The first-order valence-electron chi connectivity index (χ1n) is 22.3. The maximum atomic E-state index is 12.6. The Hall–Kier alpha value is -4.11. The molecule has 0 amide bonds. The molecule has 0 aliphatic rings. The molecule has 0 fully saturated rings. The number of esters is 2. The fourth-order valence-electron chi connectivity index (χ4n) is 5.01. The highest BCUT2D eigenvalue weighted by Gasteiger charge is 2.25. The number of hydrogen-bond acceptors (Lipinski definition) is 8. The minimum Gasteiger partial charge on any atom is -0.462 e. The normalized spacial score (nSPS) is 14.6. The number of rotatable bonds is 39. The largest absolute Gasteiger partial charge is 0.472 e. The van der Waals surface area contributed by atoms with E-state index in [0.29, 0.717) is 12.8 Å². The number of ether oxygens (including phenoxy) is 2. The van der Waals surface area contributed by atoms with Gasteiger partial charge in [-0.15, -0.1) is 0 Å². The Morgan fingerprint density at radius 1 is 0.492 bits per heavy atom. The van der Waals surface area contributed by atoms with Crippen LogP contribution in [0.1, 0.15) is 129 Å². The topological polar surface area (TPSA) is 134 Å². The first kappa shape index (κ1) is 56.9. The Balaban J connectivity index is 4.31. The molecular formula is C51H78NO8P. The summed E-state index contributed by atoms with van der Waals surface area (Å²) in [5, 5.41) is 0. The van der Waals surface area contributed by atoms with Crippen LogP contribution >= 0.6 is 7.82 Å². The van der Waals surface area contributed by atoms with Gasteiger partial charge in [-0.1, -0.05) is 160 Å². The predicted octanol–water partition coefficient (Wildman–Crippen LogP) is 13.3. The van der Waals surface area contributed by atoms with Gasteiger partial charge in [-0.05, 0) is 103 Å². The fraction of sp³-hybridized carbons (Fsp3) is 0.490. The van der Waals surface area contributed by atoms with Crippen molar-refractivity contribution in [1.82, 2.24) is 0 Å². The van der Waals surface area contributed by atoms with E-state index in [4.69, 9.17) is 24.3 Å². The second-order valence-corrected chi connectivity index (χ2v) is 15.2. The van der Waals surface area contributed by atoms with Crippen molar-refractivity contribution in [3.05, 3.63) is 146 Å². The maximum Gasteiger partial charge on any atom is 0.472 e. The molecule has 0 aromatic heterocycles. The molecule has 9 nitrogen and oxygen atoms in total. The highest BCUT2D eigenvalue weighted by atomic mass is 31.2. The maximum absolute atomic E-state index is 12.6. The highest BCUT2D eigenvalue weighted by molar-refractivity contribution is 7.47. The first-order valence-corrected chi connectivity index (χ1v) is 23.8. The summed E-state index contributed by atoms with van der Waals surface area (Å²) < 4.78 is 32.6. The molecule has 0 radical (unpaired) electrons. The number of hydrogen-bond donors (Lipinski definition) is 2. The predicted molar refractivity (Wildman–Crippen MR) is 256 cm³/mol. The van der Waals surface area contributed by atoms with Crippen molar-refractivity contribution < 1.29 is 37.6 Å². The molecule has 0 aromatic carbocycles. The molecule has 0 rings (SSSR count). The van der Waals surface area contributed by atoms with Crippen molar-refractivity contribution in [3.63, 3.8) is 0 Å². The summed E-state index contributed by atoms with van der Waals surface area (Å²) >= 11 is 0. The molecule has 0 aromatic rings. The van der Waals surface area contributed by atoms with E-state index >= 15 is 0 Å². The van der Waals surface area contributed by atoms with Gasteiger partial charge in [0.1, 0.15) is 6.61 Å². The zero-order chi connectivity index (χ0) is 44.6. The van der Waals surface area contributed by atoms with Crippen molar-refractivity contribution in [2.75, 3.05) is 26.4 Å². The Kier molecular flexibility index (Phi) is 42.4. The zero-order valence-electron chi connectivity index (χ0n) is 37.3. The number of phosphoric ester groups is 1. The van der Waals surface area contributed by atoms with Crippen molar-refractivity contribution in [1.29, 1.82) is 0 Å². The van der Waals surface area contributed by atoms with Gasteiger partial charge in [-0.2, -0.15) is 0 Å². The molecule has 2 atom stereocenters. The van der Waals surface area contributed by atoms with Gasteiger partial charge in [0.2, 0.25) is 0 Å². The molecule has 0 saturated heterocycles. The van der Waals surface area contributed by atoms with Crippen LogP contribution in [0.2, 0.25) is 0 Å². The van der Waals surface area contributed by atoms with Crippen molar-refractivity contribution in [2.45, 2.75) is 136 Å². The van der Waals surface area contributed by atoms with Gasteiger partial charge < -0.3 is 20.1 Å². The van der Waals surface area contributed by atoms with E-state index in [9.17, 15) is 19.0 Å². The van der Waals surface area contributed by atoms with E-state index in [1.165, 1.54) is 0 Å².